The van der Waals surface area contributed by atoms with Crippen LogP contribution in [0.5, 0.6) is 5.75 Å². The first-order chi connectivity index (χ1) is 7.74. The predicted molar refractivity (Wildman–Crippen MR) is 63.5 cm³/mol. The Kier molecular flexibility index (Phi) is 5.90. The summed E-state index contributed by atoms with van der Waals surface area (Å²) in [6.45, 7) is 2.64. The topological polar surface area (TPSA) is 49.7 Å². The maximum Gasteiger partial charge on any atom is 0.119 e. The highest BCUT2D eigenvalue weighted by molar-refractivity contribution is 5.29. The van der Waals surface area contributed by atoms with Crippen molar-refractivity contribution in [2.24, 2.45) is 0 Å². The Morgan fingerprint density at radius 1 is 1.25 bits per heavy atom. The van der Waals surface area contributed by atoms with Crippen molar-refractivity contribution >= 4 is 0 Å². The second kappa shape index (κ2) is 7.25. The van der Waals surface area contributed by atoms with Crippen LogP contribution in [0.2, 0.25) is 0 Å². The molecule has 0 fully saturated rings. The molecule has 3 nitrogen and oxygen atoms in total. The summed E-state index contributed by atoms with van der Waals surface area (Å²) in [5.74, 6) is 0.794. The van der Waals surface area contributed by atoms with Crippen LogP contribution in [0.3, 0.4) is 0 Å². The smallest absolute Gasteiger partial charge is 0.119 e. The Balaban J connectivity index is 2.33. The van der Waals surface area contributed by atoms with E-state index in [-0.39, 0.29) is 6.61 Å². The van der Waals surface area contributed by atoms with Crippen molar-refractivity contribution in [3.8, 4) is 5.75 Å². The third-order valence-electron chi connectivity index (χ3n) is 2.41. The SMILES string of the molecule is C[C@H](O)c1cccc(OCCCCCO)c1. The quantitative estimate of drug-likeness (QED) is 0.699. The summed E-state index contributed by atoms with van der Waals surface area (Å²) >= 11 is 0. The van der Waals surface area contributed by atoms with Crippen molar-refractivity contribution in [3.63, 3.8) is 0 Å². The van der Waals surface area contributed by atoms with Crippen molar-refractivity contribution in [3.05, 3.63) is 29.8 Å². The van der Waals surface area contributed by atoms with Crippen LogP contribution >= 0.6 is 0 Å². The van der Waals surface area contributed by atoms with Gasteiger partial charge in [-0.1, -0.05) is 12.1 Å². The molecule has 0 spiro atoms. The fourth-order valence-electron chi connectivity index (χ4n) is 1.44. The van der Waals surface area contributed by atoms with E-state index in [1.54, 1.807) is 6.92 Å². The lowest BCUT2D eigenvalue weighted by atomic mass is 10.1. The number of unbranched alkanes of at least 4 members (excludes halogenated alkanes) is 2. The average molecular weight is 224 g/mol. The molecule has 0 bridgehead atoms. The van der Waals surface area contributed by atoms with E-state index in [0.29, 0.717) is 6.61 Å². The number of aliphatic hydroxyl groups is 2. The summed E-state index contributed by atoms with van der Waals surface area (Å²) in [5.41, 5.74) is 0.868. The standard InChI is InChI=1S/C13H20O3/c1-11(15)12-6-5-7-13(10-12)16-9-4-2-3-8-14/h5-7,10-11,14-15H,2-4,8-9H2,1H3/t11-/m0/s1. The molecule has 1 rings (SSSR count). The maximum atomic E-state index is 9.41. The number of hydrogen-bond donors (Lipinski definition) is 2. The van der Waals surface area contributed by atoms with Gasteiger partial charge >= 0.3 is 0 Å². The van der Waals surface area contributed by atoms with E-state index >= 15 is 0 Å². The van der Waals surface area contributed by atoms with Crippen LogP contribution in [0.1, 0.15) is 37.9 Å². The van der Waals surface area contributed by atoms with Crippen molar-refractivity contribution in [1.82, 2.24) is 0 Å². The summed E-state index contributed by atoms with van der Waals surface area (Å²) in [6.07, 6.45) is 2.29. The molecule has 1 aromatic rings. The number of benzene rings is 1. The summed E-state index contributed by atoms with van der Waals surface area (Å²) in [5, 5.41) is 18.0. The van der Waals surface area contributed by atoms with Gasteiger partial charge in [0.05, 0.1) is 12.7 Å². The molecular formula is C13H20O3. The molecule has 0 aromatic heterocycles. The third-order valence-corrected chi connectivity index (χ3v) is 2.41. The van der Waals surface area contributed by atoms with E-state index in [9.17, 15) is 5.11 Å². The van der Waals surface area contributed by atoms with Crippen LogP contribution in [0.25, 0.3) is 0 Å². The second-order valence-corrected chi connectivity index (χ2v) is 3.88. The lowest BCUT2D eigenvalue weighted by molar-refractivity contribution is 0.198. The molecule has 3 heteroatoms. The molecule has 2 N–H and O–H groups in total. The fourth-order valence-corrected chi connectivity index (χ4v) is 1.44. The van der Waals surface area contributed by atoms with Crippen LogP contribution in [0, 0.1) is 0 Å². The molecule has 0 amide bonds. The number of aliphatic hydroxyl groups excluding tert-OH is 2. The van der Waals surface area contributed by atoms with E-state index in [4.69, 9.17) is 9.84 Å². The average Bonchev–Trinajstić information content (AvgIpc) is 2.29. The minimum atomic E-state index is -0.460. The van der Waals surface area contributed by atoms with Gasteiger partial charge in [-0.15, -0.1) is 0 Å². The predicted octanol–water partition coefficient (Wildman–Crippen LogP) is 2.28. The molecule has 0 radical (unpaired) electrons. The van der Waals surface area contributed by atoms with Crippen molar-refractivity contribution < 1.29 is 14.9 Å². The molecule has 0 aliphatic carbocycles. The molecule has 1 atom stereocenters. The summed E-state index contributed by atoms with van der Waals surface area (Å²) < 4.78 is 5.55. The van der Waals surface area contributed by atoms with Gasteiger partial charge in [0.1, 0.15) is 5.75 Å². The van der Waals surface area contributed by atoms with Crippen molar-refractivity contribution in [1.29, 1.82) is 0 Å². The zero-order chi connectivity index (χ0) is 11.8. The molecular weight excluding hydrogens is 204 g/mol. The Bertz CT molecular complexity index is 297. The zero-order valence-corrected chi connectivity index (χ0v) is 9.72. The van der Waals surface area contributed by atoms with Crippen LogP contribution in [0.4, 0.5) is 0 Å². The normalized spacial score (nSPS) is 12.4. The number of rotatable bonds is 7. The zero-order valence-electron chi connectivity index (χ0n) is 9.72. The first kappa shape index (κ1) is 13.0. The van der Waals surface area contributed by atoms with Crippen molar-refractivity contribution in [2.45, 2.75) is 32.3 Å². The molecule has 0 unspecified atom stereocenters. The molecule has 0 heterocycles. The van der Waals surface area contributed by atoms with Crippen LogP contribution in [0.15, 0.2) is 24.3 Å². The van der Waals surface area contributed by atoms with Gasteiger partial charge in [-0.05, 0) is 43.9 Å². The molecule has 0 aliphatic heterocycles. The fraction of sp³-hybridized carbons (Fsp3) is 0.538. The second-order valence-electron chi connectivity index (χ2n) is 3.88. The Labute approximate surface area is 96.7 Å². The van der Waals surface area contributed by atoms with Crippen LogP contribution < -0.4 is 4.74 Å². The Morgan fingerprint density at radius 2 is 2.06 bits per heavy atom. The maximum absolute atomic E-state index is 9.41. The van der Waals surface area contributed by atoms with E-state index in [1.807, 2.05) is 24.3 Å². The molecule has 0 aliphatic rings. The van der Waals surface area contributed by atoms with Crippen LogP contribution in [-0.4, -0.2) is 23.4 Å². The van der Waals surface area contributed by atoms with Gasteiger partial charge < -0.3 is 14.9 Å². The summed E-state index contributed by atoms with van der Waals surface area (Å²) in [4.78, 5) is 0. The monoisotopic (exact) mass is 224 g/mol. The van der Waals surface area contributed by atoms with Gasteiger partial charge in [0.25, 0.3) is 0 Å². The van der Waals surface area contributed by atoms with E-state index in [2.05, 4.69) is 0 Å². The minimum Gasteiger partial charge on any atom is -0.494 e. The highest BCUT2D eigenvalue weighted by Gasteiger charge is 2.01. The minimum absolute atomic E-state index is 0.248. The first-order valence-electron chi connectivity index (χ1n) is 5.75. The Hall–Kier alpha value is -1.06. The van der Waals surface area contributed by atoms with E-state index in [1.165, 1.54) is 0 Å². The third kappa shape index (κ3) is 4.64. The van der Waals surface area contributed by atoms with Gasteiger partial charge in [0.2, 0.25) is 0 Å². The highest BCUT2D eigenvalue weighted by Crippen LogP contribution is 2.18. The van der Waals surface area contributed by atoms with Gasteiger partial charge in [-0.2, -0.15) is 0 Å². The highest BCUT2D eigenvalue weighted by atomic mass is 16.5. The summed E-state index contributed by atoms with van der Waals surface area (Å²) in [6, 6.07) is 7.50. The van der Waals surface area contributed by atoms with Crippen molar-refractivity contribution in [2.75, 3.05) is 13.2 Å². The van der Waals surface area contributed by atoms with Gasteiger partial charge in [0, 0.05) is 6.61 Å². The molecule has 90 valence electrons. The molecule has 0 saturated carbocycles. The number of hydrogen-bond acceptors (Lipinski definition) is 3. The molecule has 1 aromatic carbocycles. The molecule has 16 heavy (non-hydrogen) atoms. The van der Waals surface area contributed by atoms with Gasteiger partial charge in [-0.3, -0.25) is 0 Å². The van der Waals surface area contributed by atoms with E-state index in [0.717, 1.165) is 30.6 Å². The molecule has 0 saturated heterocycles. The lowest BCUT2D eigenvalue weighted by Gasteiger charge is -2.09. The Morgan fingerprint density at radius 3 is 2.75 bits per heavy atom. The lowest BCUT2D eigenvalue weighted by Crippen LogP contribution is -1.99. The van der Waals surface area contributed by atoms with E-state index < -0.39 is 6.10 Å². The first-order valence-corrected chi connectivity index (χ1v) is 5.75. The van der Waals surface area contributed by atoms with Crippen LogP contribution in [-0.2, 0) is 0 Å². The largest absolute Gasteiger partial charge is 0.494 e. The van der Waals surface area contributed by atoms with Gasteiger partial charge in [-0.25, -0.2) is 0 Å². The number of ether oxygens (including phenoxy) is 1. The van der Waals surface area contributed by atoms with Gasteiger partial charge in [0.15, 0.2) is 0 Å². The summed E-state index contributed by atoms with van der Waals surface area (Å²) in [7, 11) is 0.